The first-order valence-corrected chi connectivity index (χ1v) is 7.84. The highest BCUT2D eigenvalue weighted by molar-refractivity contribution is 7.80. The minimum absolute atomic E-state index is 0.441. The molecule has 1 rings (SSSR count). The van der Waals surface area contributed by atoms with Gasteiger partial charge >= 0.3 is 0 Å². The molecule has 1 aromatic heterocycles. The van der Waals surface area contributed by atoms with Gasteiger partial charge in [-0.25, -0.2) is 0 Å². The Morgan fingerprint density at radius 1 is 1.04 bits per heavy atom. The van der Waals surface area contributed by atoms with Gasteiger partial charge in [0.2, 0.25) is 0 Å². The van der Waals surface area contributed by atoms with Gasteiger partial charge in [0.1, 0.15) is 0 Å². The van der Waals surface area contributed by atoms with Crippen LogP contribution in [0.1, 0.15) is 18.9 Å². The summed E-state index contributed by atoms with van der Waals surface area (Å²) in [4.78, 5) is 4.01. The molecule has 9 heteroatoms. The number of pyridine rings is 1. The molecular weight excluding hydrogens is 330 g/mol. The van der Waals surface area contributed by atoms with Gasteiger partial charge in [0.25, 0.3) is 0 Å². The van der Waals surface area contributed by atoms with E-state index in [9.17, 15) is 0 Å². The van der Waals surface area contributed by atoms with E-state index in [0.717, 1.165) is 17.8 Å². The molecule has 0 aromatic carbocycles. The van der Waals surface area contributed by atoms with Crippen molar-refractivity contribution in [3.05, 3.63) is 30.1 Å². The van der Waals surface area contributed by atoms with Crippen molar-refractivity contribution in [3.63, 3.8) is 0 Å². The Hall–Kier alpha value is -2.13. The minimum atomic E-state index is 0.441. The lowest BCUT2D eigenvalue weighted by atomic mass is 10.1. The molecule has 0 amide bonds. The maximum absolute atomic E-state index is 5.04. The molecule has 0 radical (unpaired) electrons. The van der Waals surface area contributed by atoms with Crippen LogP contribution in [0.25, 0.3) is 0 Å². The smallest absolute Gasteiger partial charge is 0.186 e. The first-order chi connectivity index (χ1) is 11.1. The van der Waals surface area contributed by atoms with E-state index in [4.69, 9.17) is 24.4 Å². The van der Waals surface area contributed by atoms with E-state index in [1.807, 2.05) is 19.1 Å². The van der Waals surface area contributed by atoms with Crippen molar-refractivity contribution in [2.45, 2.75) is 19.8 Å². The Morgan fingerprint density at radius 3 is 2.17 bits per heavy atom. The maximum Gasteiger partial charge on any atom is 0.186 e. The Kier molecular flexibility index (Phi) is 8.70. The lowest BCUT2D eigenvalue weighted by Crippen LogP contribution is -2.32. The third-order valence-electron chi connectivity index (χ3n) is 2.89. The van der Waals surface area contributed by atoms with Gasteiger partial charge in [0, 0.05) is 26.5 Å². The van der Waals surface area contributed by atoms with Gasteiger partial charge in [-0.15, -0.1) is 0 Å². The van der Waals surface area contributed by atoms with Crippen LogP contribution in [0.4, 0.5) is 0 Å². The van der Waals surface area contributed by atoms with Gasteiger partial charge in [-0.1, -0.05) is 0 Å². The summed E-state index contributed by atoms with van der Waals surface area (Å²) in [5.41, 5.74) is 8.23. The van der Waals surface area contributed by atoms with Crippen LogP contribution < -0.4 is 21.5 Å². The lowest BCUT2D eigenvalue weighted by molar-refractivity contribution is 0.942. The molecule has 4 N–H and O–H groups in total. The quantitative estimate of drug-likeness (QED) is 0.345. The van der Waals surface area contributed by atoms with Gasteiger partial charge in [-0.05, 0) is 61.9 Å². The second kappa shape index (κ2) is 10.6. The summed E-state index contributed by atoms with van der Waals surface area (Å²) in [6.45, 7) is 1.86. The zero-order valence-electron chi connectivity index (χ0n) is 13.4. The SMILES string of the molecule is CNC(=S)N/N=C(C)/C(CCc1ccncc1)=N/NC(=S)NC. The number of aryl methyl sites for hydroxylation is 1. The molecule has 0 saturated heterocycles. The summed E-state index contributed by atoms with van der Waals surface area (Å²) < 4.78 is 0. The Morgan fingerprint density at radius 2 is 1.61 bits per heavy atom. The largest absolute Gasteiger partial charge is 0.364 e. The van der Waals surface area contributed by atoms with Crippen LogP contribution in [0, 0.1) is 0 Å². The number of hydrogen-bond acceptors (Lipinski definition) is 5. The molecule has 0 saturated carbocycles. The third kappa shape index (κ3) is 7.61. The van der Waals surface area contributed by atoms with Crippen LogP contribution in [-0.4, -0.2) is 40.7 Å². The van der Waals surface area contributed by atoms with E-state index in [1.54, 1.807) is 26.5 Å². The predicted molar refractivity (Wildman–Crippen MR) is 103 cm³/mol. The fraction of sp³-hybridized carbons (Fsp3) is 0.357. The summed E-state index contributed by atoms with van der Waals surface area (Å²) in [6.07, 6.45) is 5.06. The standard InChI is InChI=1S/C14H21N7S2/c1-10(18-20-13(22)15-2)12(19-21-14(23)16-3)5-4-11-6-8-17-9-7-11/h6-9H,4-5H2,1-3H3,(H2,15,20,22)(H2,16,21,23)/b18-10+,19-12+. The normalized spacial score (nSPS) is 11.6. The molecule has 124 valence electrons. The average molecular weight is 352 g/mol. The van der Waals surface area contributed by atoms with Crippen molar-refractivity contribution in [3.8, 4) is 0 Å². The molecule has 0 aliphatic heterocycles. The van der Waals surface area contributed by atoms with Crippen molar-refractivity contribution < 1.29 is 0 Å². The molecule has 1 aromatic rings. The highest BCUT2D eigenvalue weighted by Crippen LogP contribution is 2.03. The highest BCUT2D eigenvalue weighted by atomic mass is 32.1. The molecule has 7 nitrogen and oxygen atoms in total. The van der Waals surface area contributed by atoms with Crippen LogP contribution >= 0.6 is 24.4 Å². The summed E-state index contributed by atoms with van der Waals surface area (Å²) in [6, 6.07) is 3.95. The molecule has 0 bridgehead atoms. The van der Waals surface area contributed by atoms with Gasteiger partial charge in [0.15, 0.2) is 10.2 Å². The van der Waals surface area contributed by atoms with Crippen LogP contribution in [0.2, 0.25) is 0 Å². The molecule has 0 unspecified atom stereocenters. The first-order valence-electron chi connectivity index (χ1n) is 7.02. The second-order valence-corrected chi connectivity index (χ2v) is 5.31. The third-order valence-corrected chi connectivity index (χ3v) is 3.48. The predicted octanol–water partition coefficient (Wildman–Crippen LogP) is 0.934. The van der Waals surface area contributed by atoms with Crippen LogP contribution in [-0.2, 0) is 6.42 Å². The Bertz CT molecular complexity index is 584. The van der Waals surface area contributed by atoms with Gasteiger partial charge < -0.3 is 10.6 Å². The second-order valence-electron chi connectivity index (χ2n) is 4.49. The van der Waals surface area contributed by atoms with E-state index in [-0.39, 0.29) is 0 Å². The minimum Gasteiger partial charge on any atom is -0.364 e. The average Bonchev–Trinajstić information content (AvgIpc) is 2.59. The van der Waals surface area contributed by atoms with Crippen molar-refractivity contribution >= 4 is 46.1 Å². The number of aromatic nitrogens is 1. The van der Waals surface area contributed by atoms with E-state index in [1.165, 1.54) is 5.56 Å². The van der Waals surface area contributed by atoms with Crippen LogP contribution in [0.15, 0.2) is 34.7 Å². The zero-order valence-corrected chi connectivity index (χ0v) is 15.0. The summed E-state index contributed by atoms with van der Waals surface area (Å²) in [7, 11) is 3.46. The Labute approximate surface area is 147 Å². The number of hydrazone groups is 2. The van der Waals surface area contributed by atoms with E-state index < -0.39 is 0 Å². The number of thiocarbonyl (C=S) groups is 2. The van der Waals surface area contributed by atoms with Crippen molar-refractivity contribution in [2.75, 3.05) is 14.1 Å². The summed E-state index contributed by atoms with van der Waals surface area (Å²) in [5, 5.41) is 15.0. The number of nitrogens with one attached hydrogen (secondary N) is 4. The number of rotatable bonds is 6. The highest BCUT2D eigenvalue weighted by Gasteiger charge is 2.06. The number of nitrogens with zero attached hydrogens (tertiary/aromatic N) is 3. The van der Waals surface area contributed by atoms with Crippen molar-refractivity contribution in [1.82, 2.24) is 26.5 Å². The fourth-order valence-electron chi connectivity index (χ4n) is 1.56. The zero-order chi connectivity index (χ0) is 17.1. The van der Waals surface area contributed by atoms with E-state index in [0.29, 0.717) is 16.6 Å². The van der Waals surface area contributed by atoms with Crippen LogP contribution in [0.5, 0.6) is 0 Å². The topological polar surface area (TPSA) is 85.7 Å². The molecule has 0 spiro atoms. The fourth-order valence-corrected chi connectivity index (χ4v) is 1.65. The van der Waals surface area contributed by atoms with E-state index in [2.05, 4.69) is 36.7 Å². The molecule has 1 heterocycles. The molecule has 0 atom stereocenters. The molecule has 0 fully saturated rings. The molecular formula is C14H21N7S2. The first kappa shape index (κ1) is 18.9. The lowest BCUT2D eigenvalue weighted by Gasteiger charge is -2.09. The molecule has 0 aliphatic rings. The molecule has 0 aliphatic carbocycles. The van der Waals surface area contributed by atoms with Crippen molar-refractivity contribution in [1.29, 1.82) is 0 Å². The molecule has 23 heavy (non-hydrogen) atoms. The van der Waals surface area contributed by atoms with Gasteiger partial charge in [-0.2, -0.15) is 10.2 Å². The maximum atomic E-state index is 5.04. The van der Waals surface area contributed by atoms with Crippen molar-refractivity contribution in [2.24, 2.45) is 10.2 Å². The van der Waals surface area contributed by atoms with E-state index >= 15 is 0 Å². The van der Waals surface area contributed by atoms with Crippen LogP contribution in [0.3, 0.4) is 0 Å². The summed E-state index contributed by atoms with van der Waals surface area (Å²) >= 11 is 10.0. The Balaban J connectivity index is 2.79. The number of hydrogen-bond donors (Lipinski definition) is 4. The monoisotopic (exact) mass is 351 g/mol. The van der Waals surface area contributed by atoms with Gasteiger partial charge in [0.05, 0.1) is 11.4 Å². The summed E-state index contributed by atoms with van der Waals surface area (Å²) in [5.74, 6) is 0. The van der Waals surface area contributed by atoms with Gasteiger partial charge in [-0.3, -0.25) is 15.8 Å².